The van der Waals surface area contributed by atoms with Gasteiger partial charge < -0.3 is 5.32 Å². The number of benzene rings is 1. The quantitative estimate of drug-likeness (QED) is 0.849. The smallest absolute Gasteiger partial charge is 0.152 e. The lowest BCUT2D eigenvalue weighted by Crippen LogP contribution is -2.18. The first kappa shape index (κ1) is 14.0. The Balaban J connectivity index is 2.51. The van der Waals surface area contributed by atoms with Crippen LogP contribution in [0, 0.1) is 13.8 Å². The van der Waals surface area contributed by atoms with Crippen molar-refractivity contribution in [3.8, 4) is 0 Å². The molecule has 0 unspecified atom stereocenters. The Kier molecular flexibility index (Phi) is 5.00. The predicted octanol–water partition coefficient (Wildman–Crippen LogP) is 2.54. The fourth-order valence-corrected chi connectivity index (χ4v) is 3.01. The summed E-state index contributed by atoms with van der Waals surface area (Å²) in [5.41, 5.74) is 3.38. The molecule has 0 radical (unpaired) electrons. The molecule has 1 rings (SSSR count). The Morgan fingerprint density at radius 2 is 1.88 bits per heavy atom. The number of hydrogen-bond acceptors (Lipinski definition) is 3. The second-order valence-corrected chi connectivity index (χ2v) is 6.70. The maximum absolute atomic E-state index is 11.5. The van der Waals surface area contributed by atoms with Gasteiger partial charge in [0.05, 0.1) is 5.75 Å². The standard InChI is InChI=1S/C13H21NO2S/c1-4-8-17(15,16)9-7-14-13-6-5-11(2)10-12(13)3/h5-6,10,14H,4,7-9H2,1-3H3. The average Bonchev–Trinajstić information content (AvgIpc) is 2.21. The van der Waals surface area contributed by atoms with Gasteiger partial charge in [0, 0.05) is 18.0 Å². The summed E-state index contributed by atoms with van der Waals surface area (Å²) in [6.45, 7) is 6.43. The predicted molar refractivity (Wildman–Crippen MR) is 73.4 cm³/mol. The third-order valence-corrected chi connectivity index (χ3v) is 4.48. The largest absolute Gasteiger partial charge is 0.384 e. The van der Waals surface area contributed by atoms with Crippen LogP contribution in [0.2, 0.25) is 0 Å². The van der Waals surface area contributed by atoms with E-state index in [1.807, 2.05) is 32.9 Å². The van der Waals surface area contributed by atoms with Crippen molar-refractivity contribution in [2.24, 2.45) is 0 Å². The molecule has 96 valence electrons. The Labute approximate surface area is 104 Å². The minimum absolute atomic E-state index is 0.203. The van der Waals surface area contributed by atoms with Crippen molar-refractivity contribution in [1.82, 2.24) is 0 Å². The molecule has 3 nitrogen and oxygen atoms in total. The van der Waals surface area contributed by atoms with Gasteiger partial charge in [0.15, 0.2) is 9.84 Å². The zero-order valence-electron chi connectivity index (χ0n) is 10.8. The fraction of sp³-hybridized carbons (Fsp3) is 0.538. The van der Waals surface area contributed by atoms with Crippen molar-refractivity contribution >= 4 is 15.5 Å². The Morgan fingerprint density at radius 3 is 2.47 bits per heavy atom. The SMILES string of the molecule is CCCS(=O)(=O)CCNc1ccc(C)cc1C. The molecule has 4 heteroatoms. The van der Waals surface area contributed by atoms with Crippen molar-refractivity contribution in [3.63, 3.8) is 0 Å². The van der Waals surface area contributed by atoms with Gasteiger partial charge in [-0.25, -0.2) is 8.42 Å². The van der Waals surface area contributed by atoms with E-state index in [1.54, 1.807) is 0 Å². The van der Waals surface area contributed by atoms with Crippen LogP contribution in [0.5, 0.6) is 0 Å². The number of hydrogen-bond donors (Lipinski definition) is 1. The zero-order chi connectivity index (χ0) is 12.9. The van der Waals surface area contributed by atoms with Gasteiger partial charge in [0.2, 0.25) is 0 Å². The molecule has 0 heterocycles. The average molecular weight is 255 g/mol. The molecule has 0 aromatic heterocycles. The second kappa shape index (κ2) is 6.05. The van der Waals surface area contributed by atoms with Crippen LogP contribution in [0.3, 0.4) is 0 Å². The molecular weight excluding hydrogens is 234 g/mol. The fourth-order valence-electron chi connectivity index (χ4n) is 1.77. The van der Waals surface area contributed by atoms with Crippen LogP contribution >= 0.6 is 0 Å². The molecule has 17 heavy (non-hydrogen) atoms. The van der Waals surface area contributed by atoms with Crippen molar-refractivity contribution in [2.75, 3.05) is 23.4 Å². The van der Waals surface area contributed by atoms with Crippen LogP contribution in [-0.4, -0.2) is 26.5 Å². The Morgan fingerprint density at radius 1 is 1.18 bits per heavy atom. The summed E-state index contributed by atoms with van der Waals surface area (Å²) in [7, 11) is -2.89. The summed E-state index contributed by atoms with van der Waals surface area (Å²) >= 11 is 0. The first-order valence-electron chi connectivity index (χ1n) is 5.96. The van der Waals surface area contributed by atoms with Crippen molar-refractivity contribution < 1.29 is 8.42 Å². The van der Waals surface area contributed by atoms with Gasteiger partial charge in [-0.1, -0.05) is 24.6 Å². The molecule has 0 atom stereocenters. The molecule has 0 saturated heterocycles. The third-order valence-electron chi connectivity index (χ3n) is 2.63. The maximum Gasteiger partial charge on any atom is 0.152 e. The van der Waals surface area contributed by atoms with Crippen molar-refractivity contribution in [3.05, 3.63) is 29.3 Å². The van der Waals surface area contributed by atoms with Gasteiger partial charge in [0.1, 0.15) is 0 Å². The Bertz CT molecular complexity index is 466. The molecule has 1 aromatic rings. The lowest BCUT2D eigenvalue weighted by Gasteiger charge is -2.10. The van der Waals surface area contributed by atoms with E-state index in [0.29, 0.717) is 13.0 Å². The number of sulfone groups is 1. The van der Waals surface area contributed by atoms with Crippen LogP contribution in [0.25, 0.3) is 0 Å². The summed E-state index contributed by atoms with van der Waals surface area (Å²) in [4.78, 5) is 0. The van der Waals surface area contributed by atoms with Gasteiger partial charge in [-0.15, -0.1) is 0 Å². The van der Waals surface area contributed by atoms with Gasteiger partial charge in [-0.2, -0.15) is 0 Å². The molecule has 0 bridgehead atoms. The van der Waals surface area contributed by atoms with Crippen LogP contribution in [0.15, 0.2) is 18.2 Å². The highest BCUT2D eigenvalue weighted by molar-refractivity contribution is 7.91. The molecule has 1 N–H and O–H groups in total. The summed E-state index contributed by atoms with van der Waals surface area (Å²) in [5.74, 6) is 0.482. The Hall–Kier alpha value is -1.03. The number of aryl methyl sites for hydroxylation is 2. The summed E-state index contributed by atoms with van der Waals surface area (Å²) in [6, 6.07) is 6.11. The van der Waals surface area contributed by atoms with E-state index < -0.39 is 9.84 Å². The summed E-state index contributed by atoms with van der Waals surface area (Å²) < 4.78 is 23.0. The zero-order valence-corrected chi connectivity index (χ0v) is 11.6. The second-order valence-electron chi connectivity index (χ2n) is 4.40. The van der Waals surface area contributed by atoms with Crippen LogP contribution in [0.1, 0.15) is 24.5 Å². The highest BCUT2D eigenvalue weighted by Crippen LogP contribution is 2.15. The van der Waals surface area contributed by atoms with E-state index in [2.05, 4.69) is 11.4 Å². The van der Waals surface area contributed by atoms with E-state index in [0.717, 1.165) is 11.3 Å². The monoisotopic (exact) mass is 255 g/mol. The molecule has 0 spiro atoms. The molecule has 1 aromatic carbocycles. The topological polar surface area (TPSA) is 46.2 Å². The molecule has 0 aliphatic heterocycles. The third kappa shape index (κ3) is 4.77. The lowest BCUT2D eigenvalue weighted by molar-refractivity contribution is 0.595. The van der Waals surface area contributed by atoms with Crippen LogP contribution in [0.4, 0.5) is 5.69 Å². The van der Waals surface area contributed by atoms with Gasteiger partial charge >= 0.3 is 0 Å². The van der Waals surface area contributed by atoms with Crippen LogP contribution in [-0.2, 0) is 9.84 Å². The van der Waals surface area contributed by atoms with E-state index in [1.165, 1.54) is 5.56 Å². The van der Waals surface area contributed by atoms with Gasteiger partial charge in [-0.3, -0.25) is 0 Å². The van der Waals surface area contributed by atoms with E-state index in [4.69, 9.17) is 0 Å². The van der Waals surface area contributed by atoms with E-state index >= 15 is 0 Å². The summed E-state index contributed by atoms with van der Waals surface area (Å²) in [6.07, 6.45) is 0.686. The van der Waals surface area contributed by atoms with E-state index in [-0.39, 0.29) is 11.5 Å². The minimum atomic E-state index is -2.89. The van der Waals surface area contributed by atoms with Crippen molar-refractivity contribution in [1.29, 1.82) is 0 Å². The molecule has 0 fully saturated rings. The maximum atomic E-state index is 11.5. The van der Waals surface area contributed by atoms with E-state index in [9.17, 15) is 8.42 Å². The normalized spacial score (nSPS) is 11.5. The molecular formula is C13H21NO2S. The summed E-state index contributed by atoms with van der Waals surface area (Å²) in [5, 5.41) is 3.18. The first-order chi connectivity index (χ1) is 7.94. The minimum Gasteiger partial charge on any atom is -0.384 e. The van der Waals surface area contributed by atoms with Crippen molar-refractivity contribution in [2.45, 2.75) is 27.2 Å². The van der Waals surface area contributed by atoms with Crippen LogP contribution < -0.4 is 5.32 Å². The molecule has 0 aliphatic carbocycles. The van der Waals surface area contributed by atoms with Gasteiger partial charge in [0.25, 0.3) is 0 Å². The highest BCUT2D eigenvalue weighted by Gasteiger charge is 2.08. The molecule has 0 aliphatic rings. The molecule has 0 amide bonds. The first-order valence-corrected chi connectivity index (χ1v) is 7.78. The number of nitrogens with one attached hydrogen (secondary N) is 1. The van der Waals surface area contributed by atoms with Gasteiger partial charge in [-0.05, 0) is 31.9 Å². The lowest BCUT2D eigenvalue weighted by atomic mass is 10.1. The number of anilines is 1. The highest BCUT2D eigenvalue weighted by atomic mass is 32.2. The number of rotatable bonds is 6. The molecule has 0 saturated carbocycles.